The van der Waals surface area contributed by atoms with Crippen LogP contribution in [0.1, 0.15) is 31.7 Å². The lowest BCUT2D eigenvalue weighted by atomic mass is 9.87. The second kappa shape index (κ2) is 3.81. The van der Waals surface area contributed by atoms with E-state index in [0.717, 1.165) is 35.7 Å². The fourth-order valence-corrected chi connectivity index (χ4v) is 2.60. The average molecular weight is 227 g/mol. The number of hydrogen-bond acceptors (Lipinski definition) is 2. The van der Waals surface area contributed by atoms with Gasteiger partial charge in [0.2, 0.25) is 0 Å². The first-order valence-electron chi connectivity index (χ1n) is 6.31. The summed E-state index contributed by atoms with van der Waals surface area (Å²) in [5, 5.41) is 11.9. The molecule has 1 aliphatic rings. The fraction of sp³-hybridized carbons (Fsp3) is 0.400. The first-order chi connectivity index (χ1) is 8.24. The normalized spacial score (nSPS) is 19.2. The number of aliphatic hydroxyl groups is 1. The molecule has 1 unspecified atom stereocenters. The van der Waals surface area contributed by atoms with Crippen LogP contribution in [-0.2, 0) is 5.60 Å². The molecule has 2 nitrogen and oxygen atoms in total. The third-order valence-corrected chi connectivity index (χ3v) is 3.88. The van der Waals surface area contributed by atoms with Crippen molar-refractivity contribution in [3.63, 3.8) is 0 Å². The second-order valence-corrected chi connectivity index (χ2v) is 4.97. The maximum atomic E-state index is 10.8. The van der Waals surface area contributed by atoms with E-state index in [4.69, 9.17) is 0 Å². The average Bonchev–Trinajstić information content (AvgIpc) is 3.22. The van der Waals surface area contributed by atoms with Gasteiger partial charge in [0.05, 0.1) is 11.1 Å². The van der Waals surface area contributed by atoms with E-state index in [1.54, 1.807) is 0 Å². The highest BCUT2D eigenvalue weighted by atomic mass is 16.3. The topological polar surface area (TPSA) is 33.1 Å². The molecule has 2 aromatic rings. The number of pyridine rings is 1. The van der Waals surface area contributed by atoms with Gasteiger partial charge >= 0.3 is 0 Å². The fourth-order valence-electron chi connectivity index (χ4n) is 2.60. The minimum Gasteiger partial charge on any atom is -0.385 e. The predicted molar refractivity (Wildman–Crippen MR) is 68.7 cm³/mol. The zero-order chi connectivity index (χ0) is 11.9. The van der Waals surface area contributed by atoms with E-state index >= 15 is 0 Å². The molecule has 0 amide bonds. The van der Waals surface area contributed by atoms with Crippen molar-refractivity contribution < 1.29 is 5.11 Å². The lowest BCUT2D eigenvalue weighted by molar-refractivity contribution is 0.00873. The zero-order valence-corrected chi connectivity index (χ0v) is 10.1. The highest BCUT2D eigenvalue weighted by Crippen LogP contribution is 2.47. The first kappa shape index (κ1) is 10.7. The molecule has 0 saturated heterocycles. The van der Waals surface area contributed by atoms with E-state index in [1.807, 2.05) is 31.3 Å². The molecule has 1 N–H and O–H groups in total. The van der Waals surface area contributed by atoms with Crippen LogP contribution in [0.25, 0.3) is 10.9 Å². The quantitative estimate of drug-likeness (QED) is 0.873. The standard InChI is InChI=1S/C15H17NO/c1-2-15(17,12-7-8-12)13-9-11-5-3-4-6-14(11)16-10-13/h3-6,9-10,12,17H,2,7-8H2,1H3. The Hall–Kier alpha value is -1.41. The Balaban J connectivity index is 2.10. The Bertz CT molecular complexity index is 547. The molecule has 2 heteroatoms. The molecule has 1 atom stereocenters. The van der Waals surface area contributed by atoms with Gasteiger partial charge in [0.1, 0.15) is 0 Å². The molecule has 3 rings (SSSR count). The molecule has 1 aromatic carbocycles. The molecule has 17 heavy (non-hydrogen) atoms. The number of aromatic nitrogens is 1. The van der Waals surface area contributed by atoms with Crippen molar-refractivity contribution in [2.75, 3.05) is 0 Å². The number of hydrogen-bond donors (Lipinski definition) is 1. The van der Waals surface area contributed by atoms with Gasteiger partial charge in [0.25, 0.3) is 0 Å². The summed E-state index contributed by atoms with van der Waals surface area (Å²) in [6.07, 6.45) is 4.87. The monoisotopic (exact) mass is 227 g/mol. The Morgan fingerprint density at radius 1 is 1.35 bits per heavy atom. The molecule has 0 aliphatic heterocycles. The van der Waals surface area contributed by atoms with Gasteiger partial charge in [-0.1, -0.05) is 25.1 Å². The van der Waals surface area contributed by atoms with Crippen LogP contribution in [0.2, 0.25) is 0 Å². The summed E-state index contributed by atoms with van der Waals surface area (Å²) in [5.41, 5.74) is 1.29. The molecule has 88 valence electrons. The van der Waals surface area contributed by atoms with E-state index in [0.29, 0.717) is 5.92 Å². The number of benzene rings is 1. The molecule has 1 aliphatic carbocycles. The van der Waals surface area contributed by atoms with Crippen LogP contribution in [-0.4, -0.2) is 10.1 Å². The maximum absolute atomic E-state index is 10.8. The van der Waals surface area contributed by atoms with Crippen molar-refractivity contribution >= 4 is 10.9 Å². The zero-order valence-electron chi connectivity index (χ0n) is 10.1. The summed E-state index contributed by atoms with van der Waals surface area (Å²) in [4.78, 5) is 4.45. The van der Waals surface area contributed by atoms with Gasteiger partial charge in [-0.05, 0) is 37.3 Å². The van der Waals surface area contributed by atoms with E-state index in [9.17, 15) is 5.11 Å². The van der Waals surface area contributed by atoms with E-state index in [-0.39, 0.29) is 0 Å². The van der Waals surface area contributed by atoms with Crippen molar-refractivity contribution in [2.24, 2.45) is 5.92 Å². The summed E-state index contributed by atoms with van der Waals surface area (Å²) >= 11 is 0. The Labute approximate surface area is 101 Å². The minimum atomic E-state index is -0.670. The Morgan fingerprint density at radius 3 is 2.82 bits per heavy atom. The van der Waals surface area contributed by atoms with Crippen LogP contribution in [0.3, 0.4) is 0 Å². The number of nitrogens with zero attached hydrogens (tertiary/aromatic N) is 1. The summed E-state index contributed by atoms with van der Waals surface area (Å²) in [6.45, 7) is 2.05. The number of rotatable bonds is 3. The maximum Gasteiger partial charge on any atom is 0.0936 e. The molecule has 0 bridgehead atoms. The minimum absolute atomic E-state index is 0.426. The molecule has 1 saturated carbocycles. The van der Waals surface area contributed by atoms with Gasteiger partial charge in [-0.2, -0.15) is 0 Å². The van der Waals surface area contributed by atoms with E-state index in [1.165, 1.54) is 0 Å². The third-order valence-electron chi connectivity index (χ3n) is 3.88. The van der Waals surface area contributed by atoms with E-state index in [2.05, 4.69) is 17.1 Å². The Kier molecular flexibility index (Phi) is 2.40. The van der Waals surface area contributed by atoms with Crippen LogP contribution in [0.15, 0.2) is 36.5 Å². The Morgan fingerprint density at radius 2 is 2.12 bits per heavy atom. The highest BCUT2D eigenvalue weighted by Gasteiger charge is 2.43. The lowest BCUT2D eigenvalue weighted by Crippen LogP contribution is -2.27. The van der Waals surface area contributed by atoms with Crippen molar-refractivity contribution in [3.05, 3.63) is 42.1 Å². The molecule has 1 heterocycles. The van der Waals surface area contributed by atoms with Crippen LogP contribution in [0.5, 0.6) is 0 Å². The third kappa shape index (κ3) is 1.73. The predicted octanol–water partition coefficient (Wildman–Crippen LogP) is 3.24. The molecule has 0 spiro atoms. The van der Waals surface area contributed by atoms with Crippen LogP contribution < -0.4 is 0 Å². The van der Waals surface area contributed by atoms with Crippen LogP contribution in [0, 0.1) is 5.92 Å². The van der Waals surface area contributed by atoms with Gasteiger partial charge < -0.3 is 5.11 Å². The van der Waals surface area contributed by atoms with E-state index < -0.39 is 5.60 Å². The summed E-state index contributed by atoms with van der Waals surface area (Å²) in [6, 6.07) is 10.1. The summed E-state index contributed by atoms with van der Waals surface area (Å²) in [5.74, 6) is 0.426. The summed E-state index contributed by atoms with van der Waals surface area (Å²) in [7, 11) is 0. The lowest BCUT2D eigenvalue weighted by Gasteiger charge is -2.27. The second-order valence-electron chi connectivity index (χ2n) is 4.97. The van der Waals surface area contributed by atoms with Crippen molar-refractivity contribution in [2.45, 2.75) is 31.8 Å². The number of para-hydroxylation sites is 1. The smallest absolute Gasteiger partial charge is 0.0936 e. The van der Waals surface area contributed by atoms with Gasteiger partial charge in [-0.15, -0.1) is 0 Å². The van der Waals surface area contributed by atoms with Gasteiger partial charge in [0, 0.05) is 17.1 Å². The van der Waals surface area contributed by atoms with Gasteiger partial charge in [0.15, 0.2) is 0 Å². The molecule has 0 radical (unpaired) electrons. The van der Waals surface area contributed by atoms with Crippen molar-refractivity contribution in [3.8, 4) is 0 Å². The summed E-state index contributed by atoms with van der Waals surface area (Å²) < 4.78 is 0. The number of fused-ring (bicyclic) bond motifs is 1. The largest absolute Gasteiger partial charge is 0.385 e. The van der Waals surface area contributed by atoms with Crippen molar-refractivity contribution in [1.29, 1.82) is 0 Å². The molecule has 1 aromatic heterocycles. The van der Waals surface area contributed by atoms with Crippen molar-refractivity contribution in [1.82, 2.24) is 4.98 Å². The first-order valence-corrected chi connectivity index (χ1v) is 6.31. The van der Waals surface area contributed by atoms with Crippen LogP contribution >= 0.6 is 0 Å². The van der Waals surface area contributed by atoms with Gasteiger partial charge in [-0.25, -0.2) is 0 Å². The molecular weight excluding hydrogens is 210 g/mol. The highest BCUT2D eigenvalue weighted by molar-refractivity contribution is 5.78. The molecule has 1 fully saturated rings. The van der Waals surface area contributed by atoms with Gasteiger partial charge in [-0.3, -0.25) is 4.98 Å². The molecular formula is C15H17NO. The SMILES string of the molecule is CCC(O)(c1cnc2ccccc2c1)C1CC1. The van der Waals surface area contributed by atoms with Crippen LogP contribution in [0.4, 0.5) is 0 Å².